The van der Waals surface area contributed by atoms with Gasteiger partial charge in [0.2, 0.25) is 10.0 Å². The third-order valence-corrected chi connectivity index (χ3v) is 3.46. The number of hydrogen-bond donors (Lipinski definition) is 1. The van der Waals surface area contributed by atoms with Gasteiger partial charge in [0.25, 0.3) is 5.69 Å². The number of nitrogens with one attached hydrogen (secondary N) is 1. The van der Waals surface area contributed by atoms with Gasteiger partial charge in [-0.3, -0.25) is 10.1 Å². The van der Waals surface area contributed by atoms with Crippen molar-refractivity contribution < 1.29 is 13.3 Å². The summed E-state index contributed by atoms with van der Waals surface area (Å²) < 4.78 is 25.7. The first-order valence-corrected chi connectivity index (χ1v) is 6.08. The van der Waals surface area contributed by atoms with Crippen LogP contribution >= 0.6 is 0 Å². The number of non-ortho nitro benzene ring substituents is 1. The highest BCUT2D eigenvalue weighted by Gasteiger charge is 2.18. The van der Waals surface area contributed by atoms with Gasteiger partial charge in [0, 0.05) is 12.1 Å². The van der Waals surface area contributed by atoms with E-state index in [2.05, 4.69) is 10.6 Å². The predicted octanol–water partition coefficient (Wildman–Crippen LogP) is 0.895. The van der Waals surface area contributed by atoms with E-state index in [9.17, 15) is 18.5 Å². The summed E-state index contributed by atoms with van der Waals surface area (Å²) in [6.45, 7) is 1.49. The number of nitrogens with zero attached hydrogens (tertiary/aromatic N) is 1. The molecule has 0 amide bonds. The van der Waals surface area contributed by atoms with Crippen LogP contribution in [0.15, 0.2) is 29.2 Å². The Hall–Kier alpha value is -1.91. The van der Waals surface area contributed by atoms with E-state index in [0.29, 0.717) is 0 Å². The van der Waals surface area contributed by atoms with Crippen LogP contribution in [0.2, 0.25) is 0 Å². The van der Waals surface area contributed by atoms with E-state index in [1.54, 1.807) is 0 Å². The Morgan fingerprint density at radius 3 is 2.71 bits per heavy atom. The minimum atomic E-state index is -3.82. The molecule has 1 aromatic rings. The van der Waals surface area contributed by atoms with Crippen LogP contribution in [-0.4, -0.2) is 19.4 Å². The highest BCUT2D eigenvalue weighted by atomic mass is 32.2. The van der Waals surface area contributed by atoms with Crippen molar-refractivity contribution >= 4 is 15.7 Å². The molecule has 6 nitrogen and oxygen atoms in total. The summed E-state index contributed by atoms with van der Waals surface area (Å²) in [5.74, 6) is 2.20. The van der Waals surface area contributed by atoms with Gasteiger partial charge < -0.3 is 0 Å². The highest BCUT2D eigenvalue weighted by molar-refractivity contribution is 7.89. The maximum atomic E-state index is 11.7. The lowest BCUT2D eigenvalue weighted by molar-refractivity contribution is -0.385. The van der Waals surface area contributed by atoms with Crippen LogP contribution in [0.1, 0.15) is 6.92 Å². The average Bonchev–Trinajstić information content (AvgIpc) is 2.28. The molecule has 90 valence electrons. The molecule has 0 aliphatic rings. The molecule has 0 saturated heterocycles. The van der Waals surface area contributed by atoms with Gasteiger partial charge in [-0.1, -0.05) is 12.0 Å². The minimum absolute atomic E-state index is 0.186. The van der Waals surface area contributed by atoms with Crippen molar-refractivity contribution in [2.45, 2.75) is 17.9 Å². The topological polar surface area (TPSA) is 89.3 Å². The van der Waals surface area contributed by atoms with Gasteiger partial charge in [-0.25, -0.2) is 8.42 Å². The summed E-state index contributed by atoms with van der Waals surface area (Å²) in [7, 11) is -3.82. The molecule has 0 saturated carbocycles. The third kappa shape index (κ3) is 3.27. The molecule has 0 bridgehead atoms. The Balaban J connectivity index is 3.12. The van der Waals surface area contributed by atoms with Crippen LogP contribution in [0.4, 0.5) is 5.69 Å². The van der Waals surface area contributed by atoms with E-state index in [4.69, 9.17) is 6.42 Å². The maximum absolute atomic E-state index is 11.7. The second-order valence-electron chi connectivity index (χ2n) is 3.26. The van der Waals surface area contributed by atoms with Gasteiger partial charge in [0.15, 0.2) is 0 Å². The fourth-order valence-electron chi connectivity index (χ4n) is 1.10. The molecule has 0 spiro atoms. The lowest BCUT2D eigenvalue weighted by Gasteiger charge is -2.08. The predicted molar refractivity (Wildman–Crippen MR) is 61.7 cm³/mol. The second-order valence-corrected chi connectivity index (χ2v) is 4.98. The summed E-state index contributed by atoms with van der Waals surface area (Å²) >= 11 is 0. The molecule has 1 atom stereocenters. The van der Waals surface area contributed by atoms with Gasteiger partial charge in [-0.2, -0.15) is 4.72 Å². The zero-order valence-corrected chi connectivity index (χ0v) is 9.77. The van der Waals surface area contributed by atoms with Crippen LogP contribution < -0.4 is 4.72 Å². The standard InChI is InChI=1S/C10H10N2O4S/c1-3-8(2)11-17(15,16)10-6-4-5-9(7-10)12(13)14/h1,4-8,11H,2H3. The number of terminal acetylenes is 1. The molecule has 1 N–H and O–H groups in total. The highest BCUT2D eigenvalue weighted by Crippen LogP contribution is 2.17. The largest absolute Gasteiger partial charge is 0.270 e. The van der Waals surface area contributed by atoms with Crippen molar-refractivity contribution in [1.82, 2.24) is 4.72 Å². The Bertz CT molecular complexity index is 574. The molecule has 1 unspecified atom stereocenters. The van der Waals surface area contributed by atoms with Crippen LogP contribution in [0, 0.1) is 22.5 Å². The summed E-state index contributed by atoms with van der Waals surface area (Å²) in [6, 6.07) is 4.07. The molecule has 1 aromatic carbocycles. The first-order valence-electron chi connectivity index (χ1n) is 4.60. The molecule has 0 aliphatic carbocycles. The summed E-state index contributed by atoms with van der Waals surface area (Å²) in [6.07, 6.45) is 5.05. The van der Waals surface area contributed by atoms with E-state index in [1.165, 1.54) is 25.1 Å². The van der Waals surface area contributed by atoms with Crippen molar-refractivity contribution in [3.05, 3.63) is 34.4 Å². The van der Waals surface area contributed by atoms with Crippen LogP contribution in [0.3, 0.4) is 0 Å². The molecule has 7 heteroatoms. The van der Waals surface area contributed by atoms with Crippen molar-refractivity contribution in [2.24, 2.45) is 0 Å². The van der Waals surface area contributed by atoms with Gasteiger partial charge >= 0.3 is 0 Å². The first kappa shape index (κ1) is 13.2. The summed E-state index contributed by atoms with van der Waals surface area (Å²) in [4.78, 5) is 9.67. The summed E-state index contributed by atoms with van der Waals surface area (Å²) in [5, 5.41) is 10.5. The molecular weight excluding hydrogens is 244 g/mol. The third-order valence-electron chi connectivity index (χ3n) is 1.92. The smallest absolute Gasteiger partial charge is 0.258 e. The SMILES string of the molecule is C#CC(C)NS(=O)(=O)c1cccc([N+](=O)[O-])c1. The molecule has 0 aliphatic heterocycles. The summed E-state index contributed by atoms with van der Waals surface area (Å²) in [5.41, 5.74) is -0.291. The Morgan fingerprint density at radius 1 is 1.53 bits per heavy atom. The van der Waals surface area contributed by atoms with Crippen molar-refractivity contribution in [2.75, 3.05) is 0 Å². The average molecular weight is 254 g/mol. The maximum Gasteiger partial charge on any atom is 0.270 e. The first-order chi connectivity index (χ1) is 7.86. The number of nitro groups is 1. The monoisotopic (exact) mass is 254 g/mol. The van der Waals surface area contributed by atoms with E-state index in [0.717, 1.165) is 6.07 Å². The van der Waals surface area contributed by atoms with Crippen molar-refractivity contribution in [3.63, 3.8) is 0 Å². The lowest BCUT2D eigenvalue weighted by atomic mass is 10.3. The molecule has 0 aromatic heterocycles. The van der Waals surface area contributed by atoms with Crippen LogP contribution in [0.25, 0.3) is 0 Å². The van der Waals surface area contributed by atoms with E-state index in [1.807, 2.05) is 0 Å². The van der Waals surface area contributed by atoms with Crippen molar-refractivity contribution in [3.8, 4) is 12.3 Å². The van der Waals surface area contributed by atoms with E-state index in [-0.39, 0.29) is 10.6 Å². The molecular formula is C10H10N2O4S. The van der Waals surface area contributed by atoms with Gasteiger partial charge in [0.05, 0.1) is 15.9 Å². The molecule has 0 radical (unpaired) electrons. The number of hydrogen-bond acceptors (Lipinski definition) is 4. The fourth-order valence-corrected chi connectivity index (χ4v) is 2.30. The van der Waals surface area contributed by atoms with Crippen LogP contribution in [-0.2, 0) is 10.0 Å². The van der Waals surface area contributed by atoms with Gasteiger partial charge in [-0.05, 0) is 13.0 Å². The molecule has 17 heavy (non-hydrogen) atoms. The number of benzene rings is 1. The van der Waals surface area contributed by atoms with Gasteiger partial charge in [0.1, 0.15) is 0 Å². The quantitative estimate of drug-likeness (QED) is 0.491. The lowest BCUT2D eigenvalue weighted by Crippen LogP contribution is -2.31. The minimum Gasteiger partial charge on any atom is -0.258 e. The number of nitro benzene ring substituents is 1. The van der Waals surface area contributed by atoms with Crippen LogP contribution in [0.5, 0.6) is 0 Å². The normalized spacial score (nSPS) is 12.7. The van der Waals surface area contributed by atoms with E-state index < -0.39 is 21.0 Å². The number of sulfonamides is 1. The zero-order chi connectivity index (χ0) is 13.1. The fraction of sp³-hybridized carbons (Fsp3) is 0.200. The Labute approximate surface area is 98.9 Å². The molecule has 1 rings (SSSR count). The number of rotatable bonds is 4. The molecule has 0 fully saturated rings. The zero-order valence-electron chi connectivity index (χ0n) is 8.95. The Kier molecular flexibility index (Phi) is 3.83. The van der Waals surface area contributed by atoms with Crippen molar-refractivity contribution in [1.29, 1.82) is 0 Å². The van der Waals surface area contributed by atoms with E-state index >= 15 is 0 Å². The second kappa shape index (κ2) is 4.95. The van der Waals surface area contributed by atoms with Gasteiger partial charge in [-0.15, -0.1) is 6.42 Å². The Morgan fingerprint density at radius 2 is 2.18 bits per heavy atom. The molecule has 0 heterocycles.